The first-order valence-electron chi connectivity index (χ1n) is 7.88. The molecule has 0 saturated carbocycles. The van der Waals surface area contributed by atoms with E-state index in [-0.39, 0.29) is 11.9 Å². The molecule has 1 aromatic heterocycles. The molecule has 122 valence electrons. The van der Waals surface area contributed by atoms with Crippen LogP contribution in [0.4, 0.5) is 5.69 Å². The van der Waals surface area contributed by atoms with Crippen LogP contribution in [0.15, 0.2) is 78.2 Å². The topological polar surface area (TPSA) is 32.3 Å². The third-order valence-corrected chi connectivity index (χ3v) is 4.78. The van der Waals surface area contributed by atoms with Gasteiger partial charge in [-0.25, -0.2) is 0 Å². The Balaban J connectivity index is 1.72. The van der Waals surface area contributed by atoms with Crippen molar-refractivity contribution >= 4 is 22.9 Å². The standard InChI is InChI=1S/C20H20N2OS/c1-22(17-11-6-3-7-12-17)15-19(23)21-20(18-13-8-14-24-18)16-9-4-2-5-10-16/h2-14,20H,15H2,1H3,(H,21,23)/t20-/m1/s1. The van der Waals surface area contributed by atoms with Gasteiger partial charge in [-0.05, 0) is 29.1 Å². The molecular weight excluding hydrogens is 316 g/mol. The summed E-state index contributed by atoms with van der Waals surface area (Å²) < 4.78 is 0. The highest BCUT2D eigenvalue weighted by molar-refractivity contribution is 7.10. The van der Waals surface area contributed by atoms with Crippen LogP contribution < -0.4 is 10.2 Å². The van der Waals surface area contributed by atoms with Gasteiger partial charge in [0.05, 0.1) is 12.6 Å². The predicted molar refractivity (Wildman–Crippen MR) is 100 cm³/mol. The molecular formula is C20H20N2OS. The molecule has 0 aliphatic carbocycles. The first-order valence-corrected chi connectivity index (χ1v) is 8.76. The average Bonchev–Trinajstić information content (AvgIpc) is 3.15. The molecule has 1 N–H and O–H groups in total. The van der Waals surface area contributed by atoms with Crippen LogP contribution in [0.3, 0.4) is 0 Å². The molecule has 1 heterocycles. The van der Waals surface area contributed by atoms with Crippen molar-refractivity contribution in [2.45, 2.75) is 6.04 Å². The summed E-state index contributed by atoms with van der Waals surface area (Å²) in [6.07, 6.45) is 0. The molecule has 4 heteroatoms. The monoisotopic (exact) mass is 336 g/mol. The average molecular weight is 336 g/mol. The first kappa shape index (κ1) is 16.3. The highest BCUT2D eigenvalue weighted by atomic mass is 32.1. The molecule has 1 atom stereocenters. The van der Waals surface area contributed by atoms with E-state index in [0.29, 0.717) is 6.54 Å². The molecule has 0 bridgehead atoms. The van der Waals surface area contributed by atoms with E-state index in [0.717, 1.165) is 16.1 Å². The Morgan fingerprint density at radius 3 is 2.29 bits per heavy atom. The number of hydrogen-bond acceptors (Lipinski definition) is 3. The van der Waals surface area contributed by atoms with E-state index < -0.39 is 0 Å². The molecule has 0 unspecified atom stereocenters. The van der Waals surface area contributed by atoms with E-state index in [4.69, 9.17) is 0 Å². The minimum absolute atomic E-state index is 0.00334. The summed E-state index contributed by atoms with van der Waals surface area (Å²) in [7, 11) is 1.93. The molecule has 0 aliphatic rings. The number of nitrogens with one attached hydrogen (secondary N) is 1. The molecule has 0 saturated heterocycles. The number of carbonyl (C=O) groups is 1. The van der Waals surface area contributed by atoms with Crippen molar-refractivity contribution in [1.82, 2.24) is 5.32 Å². The molecule has 0 radical (unpaired) electrons. The van der Waals surface area contributed by atoms with Crippen molar-refractivity contribution < 1.29 is 4.79 Å². The molecule has 3 nitrogen and oxygen atoms in total. The fourth-order valence-electron chi connectivity index (χ4n) is 2.62. The highest BCUT2D eigenvalue weighted by Gasteiger charge is 2.18. The van der Waals surface area contributed by atoms with Crippen LogP contribution in [-0.4, -0.2) is 19.5 Å². The predicted octanol–water partition coefficient (Wildman–Crippen LogP) is 4.09. The molecule has 3 aromatic rings. The van der Waals surface area contributed by atoms with Crippen molar-refractivity contribution in [3.05, 3.63) is 88.6 Å². The van der Waals surface area contributed by atoms with Crippen LogP contribution in [0.2, 0.25) is 0 Å². The van der Waals surface area contributed by atoms with Gasteiger partial charge in [0.1, 0.15) is 0 Å². The zero-order valence-electron chi connectivity index (χ0n) is 13.6. The quantitative estimate of drug-likeness (QED) is 0.735. The van der Waals surface area contributed by atoms with Gasteiger partial charge >= 0.3 is 0 Å². The lowest BCUT2D eigenvalue weighted by Gasteiger charge is -2.22. The number of anilines is 1. The lowest BCUT2D eigenvalue weighted by molar-refractivity contribution is -0.120. The molecule has 0 fully saturated rings. The summed E-state index contributed by atoms with van der Waals surface area (Å²) >= 11 is 1.65. The Hall–Kier alpha value is -2.59. The van der Waals surface area contributed by atoms with Gasteiger partial charge in [-0.15, -0.1) is 11.3 Å². The number of amides is 1. The van der Waals surface area contributed by atoms with Crippen LogP contribution >= 0.6 is 11.3 Å². The molecule has 2 aromatic carbocycles. The summed E-state index contributed by atoms with van der Waals surface area (Å²) in [4.78, 5) is 15.6. The van der Waals surface area contributed by atoms with Gasteiger partial charge in [0.2, 0.25) is 5.91 Å². The fraction of sp³-hybridized carbons (Fsp3) is 0.150. The van der Waals surface area contributed by atoms with Crippen molar-refractivity contribution in [3.63, 3.8) is 0 Å². The number of rotatable bonds is 6. The minimum Gasteiger partial charge on any atom is -0.365 e. The summed E-state index contributed by atoms with van der Waals surface area (Å²) in [5.41, 5.74) is 2.12. The van der Waals surface area contributed by atoms with Gasteiger partial charge < -0.3 is 10.2 Å². The summed E-state index contributed by atoms with van der Waals surface area (Å²) in [5.74, 6) is 0.00334. The van der Waals surface area contributed by atoms with Gasteiger partial charge in [0.25, 0.3) is 0 Å². The Bertz CT molecular complexity index is 757. The number of nitrogens with zero attached hydrogens (tertiary/aromatic N) is 1. The van der Waals surface area contributed by atoms with Gasteiger partial charge in [-0.2, -0.15) is 0 Å². The number of thiophene rings is 1. The van der Waals surface area contributed by atoms with Gasteiger partial charge in [0, 0.05) is 17.6 Å². The van der Waals surface area contributed by atoms with Crippen LogP contribution in [-0.2, 0) is 4.79 Å². The maximum Gasteiger partial charge on any atom is 0.240 e. The SMILES string of the molecule is CN(CC(=O)N[C@H](c1ccccc1)c1cccs1)c1ccccc1. The number of carbonyl (C=O) groups excluding carboxylic acids is 1. The van der Waals surface area contributed by atoms with Crippen molar-refractivity contribution in [2.24, 2.45) is 0 Å². The van der Waals surface area contributed by atoms with Gasteiger partial charge in [0.15, 0.2) is 0 Å². The largest absolute Gasteiger partial charge is 0.365 e. The number of benzene rings is 2. The van der Waals surface area contributed by atoms with E-state index >= 15 is 0 Å². The smallest absolute Gasteiger partial charge is 0.240 e. The Kier molecular flexibility index (Phi) is 5.29. The third kappa shape index (κ3) is 4.03. The Morgan fingerprint density at radius 2 is 1.67 bits per heavy atom. The first-order chi connectivity index (χ1) is 11.7. The van der Waals surface area contributed by atoms with Crippen LogP contribution in [0.25, 0.3) is 0 Å². The lowest BCUT2D eigenvalue weighted by atomic mass is 10.1. The van der Waals surface area contributed by atoms with Crippen molar-refractivity contribution in [3.8, 4) is 0 Å². The molecule has 0 aliphatic heterocycles. The Morgan fingerprint density at radius 1 is 1.00 bits per heavy atom. The number of para-hydroxylation sites is 1. The second-order valence-corrected chi connectivity index (χ2v) is 6.60. The van der Waals surface area contributed by atoms with Gasteiger partial charge in [-0.1, -0.05) is 54.6 Å². The van der Waals surface area contributed by atoms with E-state index in [2.05, 4.69) is 11.4 Å². The number of likely N-dealkylation sites (N-methyl/N-ethyl adjacent to an activating group) is 1. The zero-order chi connectivity index (χ0) is 16.8. The fourth-order valence-corrected chi connectivity index (χ4v) is 3.42. The maximum atomic E-state index is 12.6. The molecule has 3 rings (SSSR count). The van der Waals surface area contributed by atoms with Gasteiger partial charge in [-0.3, -0.25) is 4.79 Å². The second-order valence-electron chi connectivity index (χ2n) is 5.62. The summed E-state index contributed by atoms with van der Waals surface area (Å²) in [6, 6.07) is 24.0. The molecule has 24 heavy (non-hydrogen) atoms. The lowest BCUT2D eigenvalue weighted by Crippen LogP contribution is -2.37. The van der Waals surface area contributed by atoms with Crippen LogP contribution in [0.1, 0.15) is 16.5 Å². The third-order valence-electron chi connectivity index (χ3n) is 3.84. The van der Waals surface area contributed by atoms with Crippen LogP contribution in [0, 0.1) is 0 Å². The van der Waals surface area contributed by atoms with E-state index in [1.807, 2.05) is 84.1 Å². The minimum atomic E-state index is -0.108. The van der Waals surface area contributed by atoms with Crippen molar-refractivity contribution in [1.29, 1.82) is 0 Å². The Labute approximate surface area is 146 Å². The van der Waals surface area contributed by atoms with Crippen LogP contribution in [0.5, 0.6) is 0 Å². The maximum absolute atomic E-state index is 12.6. The number of hydrogen-bond donors (Lipinski definition) is 1. The summed E-state index contributed by atoms with van der Waals surface area (Å²) in [6.45, 7) is 0.318. The second kappa shape index (κ2) is 7.79. The van der Waals surface area contributed by atoms with E-state index in [1.54, 1.807) is 11.3 Å². The zero-order valence-corrected chi connectivity index (χ0v) is 14.4. The molecule has 0 spiro atoms. The van der Waals surface area contributed by atoms with Crippen molar-refractivity contribution in [2.75, 3.05) is 18.5 Å². The van der Waals surface area contributed by atoms with E-state index in [9.17, 15) is 4.79 Å². The molecule has 1 amide bonds. The summed E-state index contributed by atoms with van der Waals surface area (Å²) in [5, 5.41) is 5.20. The van der Waals surface area contributed by atoms with E-state index in [1.165, 1.54) is 0 Å². The highest BCUT2D eigenvalue weighted by Crippen LogP contribution is 2.25. The normalized spacial score (nSPS) is 11.7.